The molecule has 1 rings (SSSR count). The lowest BCUT2D eigenvalue weighted by Crippen LogP contribution is -2.13. The van der Waals surface area contributed by atoms with E-state index in [0.29, 0.717) is 11.4 Å². The molecule has 0 fully saturated rings. The van der Waals surface area contributed by atoms with Crippen LogP contribution < -0.4 is 17.0 Å². The zero-order valence-electron chi connectivity index (χ0n) is 7.27. The monoisotopic (exact) mass is 197 g/mol. The van der Waals surface area contributed by atoms with Crippen LogP contribution in [0.4, 0.5) is 11.4 Å². The number of nitrogen functional groups attached to an aromatic ring is 2. The molecule has 0 saturated carbocycles. The average Bonchev–Trinajstić information content (AvgIpc) is 2.17. The number of benzene rings is 1. The van der Waals surface area contributed by atoms with Gasteiger partial charge in [-0.05, 0) is 17.7 Å². The van der Waals surface area contributed by atoms with E-state index >= 15 is 0 Å². The largest absolute Gasteiger partial charge is 0.479 e. The van der Waals surface area contributed by atoms with Crippen molar-refractivity contribution in [2.45, 2.75) is 6.10 Å². The number of rotatable bonds is 3. The number of carboxylic acid groups (broad SMARTS) is 1. The minimum atomic E-state index is -1.57. The molecular formula is C8H11N3O3. The smallest absolute Gasteiger partial charge is 0.337 e. The van der Waals surface area contributed by atoms with Crippen molar-refractivity contribution < 1.29 is 15.0 Å². The fourth-order valence-electron chi connectivity index (χ4n) is 1.01. The van der Waals surface area contributed by atoms with E-state index in [9.17, 15) is 9.90 Å². The van der Waals surface area contributed by atoms with Gasteiger partial charge in [0, 0.05) is 0 Å². The number of aliphatic hydroxyl groups excluding tert-OH is 1. The van der Waals surface area contributed by atoms with Crippen molar-refractivity contribution in [2.24, 2.45) is 5.84 Å². The van der Waals surface area contributed by atoms with Gasteiger partial charge in [-0.3, -0.25) is 5.84 Å². The van der Waals surface area contributed by atoms with E-state index in [4.69, 9.17) is 16.7 Å². The van der Waals surface area contributed by atoms with Gasteiger partial charge in [-0.25, -0.2) is 4.79 Å². The minimum absolute atomic E-state index is 0.222. The zero-order chi connectivity index (χ0) is 10.7. The lowest BCUT2D eigenvalue weighted by atomic mass is 10.1. The quantitative estimate of drug-likeness (QED) is 0.257. The Morgan fingerprint density at radius 2 is 2.14 bits per heavy atom. The number of hydrazine groups is 1. The number of hydrogen-bond donors (Lipinski definition) is 5. The van der Waals surface area contributed by atoms with Crippen molar-refractivity contribution in [1.82, 2.24) is 0 Å². The first kappa shape index (κ1) is 10.3. The van der Waals surface area contributed by atoms with Crippen molar-refractivity contribution in [3.05, 3.63) is 23.8 Å². The Morgan fingerprint density at radius 3 is 2.64 bits per heavy atom. The molecule has 0 aliphatic heterocycles. The molecule has 0 aliphatic carbocycles. The van der Waals surface area contributed by atoms with E-state index < -0.39 is 12.1 Å². The van der Waals surface area contributed by atoms with Gasteiger partial charge in [-0.2, -0.15) is 0 Å². The molecule has 76 valence electrons. The van der Waals surface area contributed by atoms with Crippen LogP contribution in [0.5, 0.6) is 0 Å². The number of anilines is 2. The van der Waals surface area contributed by atoms with E-state index in [0.717, 1.165) is 0 Å². The van der Waals surface area contributed by atoms with E-state index in [2.05, 4.69) is 5.43 Å². The summed E-state index contributed by atoms with van der Waals surface area (Å²) in [6, 6.07) is 4.28. The Balaban J connectivity index is 3.06. The number of aliphatic hydroxyl groups is 1. The summed E-state index contributed by atoms with van der Waals surface area (Å²) in [4.78, 5) is 10.5. The zero-order valence-corrected chi connectivity index (χ0v) is 7.27. The predicted octanol–water partition coefficient (Wildman–Crippen LogP) is -0.328. The van der Waals surface area contributed by atoms with Crippen molar-refractivity contribution in [3.8, 4) is 0 Å². The molecule has 0 bridgehead atoms. The summed E-state index contributed by atoms with van der Waals surface area (Å²) in [7, 11) is 0. The summed E-state index contributed by atoms with van der Waals surface area (Å²) in [6.07, 6.45) is -1.57. The van der Waals surface area contributed by atoms with Crippen LogP contribution in [-0.4, -0.2) is 16.2 Å². The van der Waals surface area contributed by atoms with Crippen LogP contribution in [0.1, 0.15) is 11.7 Å². The third-order valence-corrected chi connectivity index (χ3v) is 1.78. The highest BCUT2D eigenvalue weighted by Gasteiger charge is 2.16. The summed E-state index contributed by atoms with van der Waals surface area (Å²) in [5.74, 6) is 3.82. The fraction of sp³-hybridized carbons (Fsp3) is 0.125. The highest BCUT2D eigenvalue weighted by Crippen LogP contribution is 2.22. The Bertz CT molecular complexity index is 354. The Kier molecular flexibility index (Phi) is 2.90. The average molecular weight is 197 g/mol. The maximum atomic E-state index is 10.5. The summed E-state index contributed by atoms with van der Waals surface area (Å²) in [5.41, 5.74) is 8.79. The minimum Gasteiger partial charge on any atom is -0.479 e. The molecule has 1 unspecified atom stereocenters. The molecule has 0 heterocycles. The number of nitrogens with one attached hydrogen (secondary N) is 1. The van der Waals surface area contributed by atoms with Crippen molar-refractivity contribution in [2.75, 3.05) is 11.2 Å². The fourth-order valence-corrected chi connectivity index (χ4v) is 1.01. The third-order valence-electron chi connectivity index (χ3n) is 1.78. The van der Waals surface area contributed by atoms with Gasteiger partial charge < -0.3 is 21.4 Å². The number of nitrogens with two attached hydrogens (primary N) is 2. The van der Waals surface area contributed by atoms with E-state index in [1.54, 1.807) is 0 Å². The normalized spacial score (nSPS) is 12.1. The van der Waals surface area contributed by atoms with Crippen LogP contribution >= 0.6 is 0 Å². The maximum Gasteiger partial charge on any atom is 0.337 e. The van der Waals surface area contributed by atoms with Gasteiger partial charge in [0.05, 0.1) is 11.4 Å². The number of hydrogen-bond acceptors (Lipinski definition) is 5. The Labute approximate surface area is 80.1 Å². The highest BCUT2D eigenvalue weighted by atomic mass is 16.4. The SMILES string of the molecule is NNc1cc(C(O)C(=O)O)ccc1N. The van der Waals surface area contributed by atoms with E-state index in [1.807, 2.05) is 0 Å². The number of carbonyl (C=O) groups is 1. The second-order valence-electron chi connectivity index (χ2n) is 2.73. The van der Waals surface area contributed by atoms with Gasteiger partial charge in [0.1, 0.15) is 0 Å². The van der Waals surface area contributed by atoms with Crippen LogP contribution in [0.15, 0.2) is 18.2 Å². The predicted molar refractivity (Wildman–Crippen MR) is 51.3 cm³/mol. The summed E-state index contributed by atoms with van der Waals surface area (Å²) in [6.45, 7) is 0. The molecule has 0 amide bonds. The van der Waals surface area contributed by atoms with Crippen LogP contribution in [-0.2, 0) is 4.79 Å². The topological polar surface area (TPSA) is 122 Å². The molecule has 0 radical (unpaired) electrons. The molecule has 6 heteroatoms. The highest BCUT2D eigenvalue weighted by molar-refractivity contribution is 5.76. The molecule has 0 spiro atoms. The van der Waals surface area contributed by atoms with Gasteiger partial charge in [-0.1, -0.05) is 6.07 Å². The van der Waals surface area contributed by atoms with Crippen LogP contribution in [0.3, 0.4) is 0 Å². The lowest BCUT2D eigenvalue weighted by molar-refractivity contribution is -0.146. The first-order chi connectivity index (χ1) is 6.56. The summed E-state index contributed by atoms with van der Waals surface area (Å²) < 4.78 is 0. The van der Waals surface area contributed by atoms with E-state index in [-0.39, 0.29) is 5.56 Å². The second kappa shape index (κ2) is 3.95. The van der Waals surface area contributed by atoms with Gasteiger partial charge in [-0.15, -0.1) is 0 Å². The molecule has 0 saturated heterocycles. The van der Waals surface area contributed by atoms with Gasteiger partial charge >= 0.3 is 5.97 Å². The molecule has 1 aromatic rings. The van der Waals surface area contributed by atoms with Crippen molar-refractivity contribution in [3.63, 3.8) is 0 Å². The summed E-state index contributed by atoms with van der Waals surface area (Å²) >= 11 is 0. The van der Waals surface area contributed by atoms with Gasteiger partial charge in [0.2, 0.25) is 0 Å². The van der Waals surface area contributed by atoms with Gasteiger partial charge in [0.25, 0.3) is 0 Å². The molecule has 7 N–H and O–H groups in total. The number of aliphatic carboxylic acids is 1. The molecule has 0 aromatic heterocycles. The molecule has 6 nitrogen and oxygen atoms in total. The first-order valence-electron chi connectivity index (χ1n) is 3.83. The third kappa shape index (κ3) is 1.93. The standard InChI is InChI=1S/C8H11N3O3/c9-5-2-1-4(3-6(5)11-10)7(12)8(13)14/h1-3,7,11-12H,9-10H2,(H,13,14). The molecule has 14 heavy (non-hydrogen) atoms. The lowest BCUT2D eigenvalue weighted by Gasteiger charge is -2.09. The van der Waals surface area contributed by atoms with Gasteiger partial charge in [0.15, 0.2) is 6.10 Å². The Morgan fingerprint density at radius 1 is 1.50 bits per heavy atom. The second-order valence-corrected chi connectivity index (χ2v) is 2.73. The number of carboxylic acids is 1. The summed E-state index contributed by atoms with van der Waals surface area (Å²) in [5, 5.41) is 17.7. The van der Waals surface area contributed by atoms with Crippen molar-refractivity contribution in [1.29, 1.82) is 0 Å². The Hall–Kier alpha value is -1.79. The molecule has 1 aromatic carbocycles. The first-order valence-corrected chi connectivity index (χ1v) is 3.83. The van der Waals surface area contributed by atoms with E-state index in [1.165, 1.54) is 18.2 Å². The van der Waals surface area contributed by atoms with Crippen LogP contribution in [0.25, 0.3) is 0 Å². The van der Waals surface area contributed by atoms with Crippen LogP contribution in [0.2, 0.25) is 0 Å². The maximum absolute atomic E-state index is 10.5. The van der Waals surface area contributed by atoms with Crippen LogP contribution in [0, 0.1) is 0 Å². The van der Waals surface area contributed by atoms with Crippen molar-refractivity contribution >= 4 is 17.3 Å². The molecule has 0 aliphatic rings. The molecular weight excluding hydrogens is 186 g/mol. The molecule has 1 atom stereocenters.